The van der Waals surface area contributed by atoms with Crippen LogP contribution in [0.2, 0.25) is 0 Å². The third-order valence-electron chi connectivity index (χ3n) is 3.11. The third-order valence-corrected chi connectivity index (χ3v) is 3.11. The average molecular weight is 296 g/mol. The summed E-state index contributed by atoms with van der Waals surface area (Å²) in [4.78, 5) is 24.1. The maximum absolute atomic E-state index is 12.1. The Morgan fingerprint density at radius 3 is 2.27 bits per heavy atom. The van der Waals surface area contributed by atoms with Crippen LogP contribution in [0.3, 0.4) is 0 Å². The van der Waals surface area contributed by atoms with Gasteiger partial charge in [0.05, 0.1) is 5.69 Å². The number of nitrogens with zero attached hydrogens (tertiary/aromatic N) is 5. The van der Waals surface area contributed by atoms with Gasteiger partial charge >= 0.3 is 11.4 Å². The van der Waals surface area contributed by atoms with Gasteiger partial charge in [0.25, 0.3) is 0 Å². The van der Waals surface area contributed by atoms with Crippen LogP contribution in [0.5, 0.6) is 0 Å². The van der Waals surface area contributed by atoms with E-state index < -0.39 is 11.4 Å². The minimum Gasteiger partial charge on any atom is -0.360 e. The van der Waals surface area contributed by atoms with Gasteiger partial charge in [-0.25, -0.2) is 23.5 Å². The van der Waals surface area contributed by atoms with Crippen molar-refractivity contribution < 1.29 is 0 Å². The molecule has 110 valence electrons. The van der Waals surface area contributed by atoms with E-state index >= 15 is 0 Å². The van der Waals surface area contributed by atoms with E-state index in [0.717, 1.165) is 4.57 Å². The molecule has 0 saturated heterocycles. The first-order chi connectivity index (χ1) is 10.5. The predicted molar refractivity (Wildman–Crippen MR) is 79.2 cm³/mol. The Hall–Kier alpha value is -3.52. The zero-order valence-corrected chi connectivity index (χ0v) is 11.9. The first-order valence-electron chi connectivity index (χ1n) is 6.22. The summed E-state index contributed by atoms with van der Waals surface area (Å²) < 4.78 is 3.43. The first-order valence-corrected chi connectivity index (χ1v) is 6.22. The summed E-state index contributed by atoms with van der Waals surface area (Å²) in [5.74, 6) is 0. The molecule has 2 rings (SSSR count). The quantitative estimate of drug-likeness (QED) is 0.815. The van der Waals surface area contributed by atoms with Gasteiger partial charge in [-0.05, 0) is 18.2 Å². The number of anilines is 1. The minimum atomic E-state index is -0.463. The number of allylic oxidation sites excluding steroid dienone is 1. The molecule has 0 bridgehead atoms. The molecule has 22 heavy (non-hydrogen) atoms. The number of hydrogen-bond acceptors (Lipinski definition) is 5. The molecule has 0 radical (unpaired) electrons. The second-order valence-corrected chi connectivity index (χ2v) is 4.42. The van der Waals surface area contributed by atoms with E-state index in [1.165, 1.54) is 29.7 Å². The molecule has 8 nitrogen and oxygen atoms in total. The lowest BCUT2D eigenvalue weighted by Crippen LogP contribution is -2.26. The van der Waals surface area contributed by atoms with Gasteiger partial charge in [0.2, 0.25) is 0 Å². The summed E-state index contributed by atoms with van der Waals surface area (Å²) in [5, 5.41) is 20.1. The average Bonchev–Trinajstić information content (AvgIpc) is 2.72. The van der Waals surface area contributed by atoms with E-state index in [4.69, 9.17) is 10.5 Å². The third kappa shape index (κ3) is 2.53. The summed E-state index contributed by atoms with van der Waals surface area (Å²) in [6, 6.07) is 9.98. The van der Waals surface area contributed by atoms with Crippen molar-refractivity contribution in [2.75, 3.05) is 5.32 Å². The molecular weight excluding hydrogens is 284 g/mol. The fourth-order valence-corrected chi connectivity index (χ4v) is 1.83. The smallest absolute Gasteiger partial charge is 0.351 e. The van der Waals surface area contributed by atoms with Crippen molar-refractivity contribution in [3.05, 3.63) is 57.0 Å². The molecule has 0 saturated carbocycles. The van der Waals surface area contributed by atoms with Crippen LogP contribution in [0, 0.1) is 22.7 Å². The maximum atomic E-state index is 12.1. The lowest BCUT2D eigenvalue weighted by Gasteiger charge is -2.04. The summed E-state index contributed by atoms with van der Waals surface area (Å²) in [6.45, 7) is 0. The van der Waals surface area contributed by atoms with Crippen molar-refractivity contribution in [3.63, 3.8) is 0 Å². The van der Waals surface area contributed by atoms with Crippen LogP contribution in [-0.2, 0) is 14.1 Å². The van der Waals surface area contributed by atoms with Gasteiger partial charge in [0.1, 0.15) is 17.7 Å². The molecular formula is C14H12N6O2. The lowest BCUT2D eigenvalue weighted by atomic mass is 10.2. The minimum absolute atomic E-state index is 0.0850. The first kappa shape index (κ1) is 14.9. The van der Waals surface area contributed by atoms with E-state index in [0.29, 0.717) is 11.4 Å². The van der Waals surface area contributed by atoms with Crippen LogP contribution in [0.25, 0.3) is 5.69 Å². The fraction of sp³-hybridized carbons (Fsp3) is 0.143. The molecule has 0 aliphatic rings. The van der Waals surface area contributed by atoms with Crippen molar-refractivity contribution in [3.8, 4) is 17.8 Å². The SMILES string of the molecule is Cn1c(=O)n(-c2cccc(NC=C(C#N)C#N)c2)c(=O)n1C. The zero-order chi connectivity index (χ0) is 16.3. The molecule has 2 aromatic rings. The van der Waals surface area contributed by atoms with Gasteiger partial charge in [-0.3, -0.25) is 0 Å². The number of nitrogens with one attached hydrogen (secondary N) is 1. The van der Waals surface area contributed by atoms with Crippen molar-refractivity contribution in [1.29, 1.82) is 10.5 Å². The molecule has 1 N–H and O–H groups in total. The Bertz CT molecular complexity index is 896. The summed E-state index contributed by atoms with van der Waals surface area (Å²) in [6.07, 6.45) is 1.25. The summed E-state index contributed by atoms with van der Waals surface area (Å²) in [7, 11) is 2.99. The fourth-order valence-electron chi connectivity index (χ4n) is 1.83. The molecule has 0 aliphatic heterocycles. The molecule has 1 aromatic carbocycles. The topological polar surface area (TPSA) is 109 Å². The van der Waals surface area contributed by atoms with Gasteiger partial charge in [0.15, 0.2) is 0 Å². The van der Waals surface area contributed by atoms with Crippen molar-refractivity contribution in [2.24, 2.45) is 14.1 Å². The van der Waals surface area contributed by atoms with Crippen LogP contribution < -0.4 is 16.7 Å². The lowest BCUT2D eigenvalue weighted by molar-refractivity contribution is 0.565. The number of aromatic nitrogens is 3. The zero-order valence-electron chi connectivity index (χ0n) is 11.9. The summed E-state index contributed by atoms with van der Waals surface area (Å²) in [5.41, 5.74) is -0.0820. The molecule has 0 fully saturated rings. The molecule has 0 aliphatic carbocycles. The standard InChI is InChI=1S/C14H12N6O2/c1-18-13(21)20(14(22)19(18)2)12-5-3-4-11(6-12)17-9-10(7-15)8-16/h3-6,9,17H,1-2H3. The summed E-state index contributed by atoms with van der Waals surface area (Å²) >= 11 is 0. The van der Waals surface area contributed by atoms with Crippen LogP contribution in [0.1, 0.15) is 0 Å². The van der Waals surface area contributed by atoms with Crippen LogP contribution >= 0.6 is 0 Å². The Morgan fingerprint density at radius 1 is 1.14 bits per heavy atom. The monoisotopic (exact) mass is 296 g/mol. The van der Waals surface area contributed by atoms with Gasteiger partial charge in [-0.1, -0.05) is 6.07 Å². The van der Waals surface area contributed by atoms with Crippen molar-refractivity contribution in [2.45, 2.75) is 0 Å². The number of rotatable bonds is 3. The normalized spacial score (nSPS) is 9.64. The van der Waals surface area contributed by atoms with E-state index in [-0.39, 0.29) is 5.57 Å². The highest BCUT2D eigenvalue weighted by atomic mass is 16.2. The molecule has 1 heterocycles. The van der Waals surface area contributed by atoms with Crippen molar-refractivity contribution in [1.82, 2.24) is 13.9 Å². The van der Waals surface area contributed by atoms with E-state index in [9.17, 15) is 9.59 Å². The maximum Gasteiger partial charge on any atom is 0.351 e. The van der Waals surface area contributed by atoms with E-state index in [2.05, 4.69) is 5.32 Å². The van der Waals surface area contributed by atoms with Gasteiger partial charge in [-0.2, -0.15) is 10.5 Å². The second kappa shape index (κ2) is 5.85. The highest BCUT2D eigenvalue weighted by Crippen LogP contribution is 2.12. The van der Waals surface area contributed by atoms with Gasteiger partial charge in [0, 0.05) is 26.0 Å². The number of nitriles is 2. The molecule has 0 atom stereocenters. The van der Waals surface area contributed by atoms with Crippen LogP contribution in [-0.4, -0.2) is 13.9 Å². The largest absolute Gasteiger partial charge is 0.360 e. The van der Waals surface area contributed by atoms with Crippen LogP contribution in [0.15, 0.2) is 45.6 Å². The van der Waals surface area contributed by atoms with Gasteiger partial charge in [-0.15, -0.1) is 0 Å². The van der Waals surface area contributed by atoms with E-state index in [1.807, 2.05) is 0 Å². The highest BCUT2D eigenvalue weighted by molar-refractivity contribution is 5.54. The molecule has 1 aromatic heterocycles. The van der Waals surface area contributed by atoms with Crippen LogP contribution in [0.4, 0.5) is 5.69 Å². The Labute approximate surface area is 125 Å². The molecule has 0 amide bonds. The Morgan fingerprint density at radius 2 is 1.73 bits per heavy atom. The molecule has 8 heteroatoms. The molecule has 0 spiro atoms. The highest BCUT2D eigenvalue weighted by Gasteiger charge is 2.12. The molecule has 0 unspecified atom stereocenters. The second-order valence-electron chi connectivity index (χ2n) is 4.42. The number of benzene rings is 1. The van der Waals surface area contributed by atoms with Crippen molar-refractivity contribution >= 4 is 5.69 Å². The van der Waals surface area contributed by atoms with E-state index in [1.54, 1.807) is 36.4 Å². The Balaban J connectivity index is 2.47. The Kier molecular flexibility index (Phi) is 3.96. The van der Waals surface area contributed by atoms with Gasteiger partial charge < -0.3 is 5.32 Å². The number of hydrogen-bond donors (Lipinski definition) is 1. The predicted octanol–water partition coefficient (Wildman–Crippen LogP) is 0.218.